The van der Waals surface area contributed by atoms with Crippen molar-refractivity contribution in [1.82, 2.24) is 15.5 Å². The van der Waals surface area contributed by atoms with Gasteiger partial charge in [0.1, 0.15) is 12.4 Å². The third-order valence-electron chi connectivity index (χ3n) is 3.95. The minimum Gasteiger partial charge on any atom is -0.493 e. The molecule has 0 spiro atoms. The van der Waals surface area contributed by atoms with Gasteiger partial charge in [-0.25, -0.2) is 4.39 Å². The van der Waals surface area contributed by atoms with Crippen molar-refractivity contribution in [3.05, 3.63) is 71.1 Å². The van der Waals surface area contributed by atoms with E-state index in [-0.39, 0.29) is 5.82 Å². The first-order valence-electron chi connectivity index (χ1n) is 8.68. The fourth-order valence-corrected chi connectivity index (χ4v) is 2.55. The summed E-state index contributed by atoms with van der Waals surface area (Å²) in [5.41, 5.74) is 1.96. The van der Waals surface area contributed by atoms with Crippen LogP contribution in [-0.2, 0) is 19.6 Å². The summed E-state index contributed by atoms with van der Waals surface area (Å²) >= 11 is 0. The van der Waals surface area contributed by atoms with Crippen LogP contribution in [0.15, 0.2) is 47.0 Å². The summed E-state index contributed by atoms with van der Waals surface area (Å²) < 4.78 is 29.3. The second-order valence-electron chi connectivity index (χ2n) is 6.06. The molecule has 0 saturated carbocycles. The molecule has 0 atom stereocenters. The maximum atomic E-state index is 13.0. The SMILES string of the molecule is COc1cc(CNCCc2nc(C)no2)ccc1OCc1ccc(F)cc1. The summed E-state index contributed by atoms with van der Waals surface area (Å²) in [5.74, 6) is 2.31. The Hall–Kier alpha value is -2.93. The van der Waals surface area contributed by atoms with Crippen molar-refractivity contribution < 1.29 is 18.4 Å². The summed E-state index contributed by atoms with van der Waals surface area (Å²) in [4.78, 5) is 4.17. The Bertz CT molecular complexity index is 865. The molecule has 0 aliphatic heterocycles. The Labute approximate surface area is 157 Å². The van der Waals surface area contributed by atoms with Crippen LogP contribution in [0.25, 0.3) is 0 Å². The first-order chi connectivity index (χ1) is 13.1. The van der Waals surface area contributed by atoms with Crippen molar-refractivity contribution in [3.8, 4) is 11.5 Å². The van der Waals surface area contributed by atoms with Crippen LogP contribution in [0.2, 0.25) is 0 Å². The van der Waals surface area contributed by atoms with E-state index in [1.54, 1.807) is 26.2 Å². The van der Waals surface area contributed by atoms with Crippen molar-refractivity contribution in [3.63, 3.8) is 0 Å². The second-order valence-corrected chi connectivity index (χ2v) is 6.06. The molecule has 27 heavy (non-hydrogen) atoms. The van der Waals surface area contributed by atoms with E-state index in [1.165, 1.54) is 12.1 Å². The van der Waals surface area contributed by atoms with Crippen LogP contribution in [0.4, 0.5) is 4.39 Å². The van der Waals surface area contributed by atoms with Gasteiger partial charge in [0, 0.05) is 19.5 Å². The molecule has 3 rings (SSSR count). The number of ether oxygens (including phenoxy) is 2. The molecule has 2 aromatic carbocycles. The first kappa shape index (κ1) is 18.8. The zero-order valence-electron chi connectivity index (χ0n) is 15.4. The summed E-state index contributed by atoms with van der Waals surface area (Å²) in [6.07, 6.45) is 0.677. The zero-order valence-corrected chi connectivity index (χ0v) is 15.4. The maximum Gasteiger partial charge on any atom is 0.227 e. The minimum absolute atomic E-state index is 0.262. The van der Waals surface area contributed by atoms with Crippen LogP contribution < -0.4 is 14.8 Å². The molecule has 0 bridgehead atoms. The molecule has 0 amide bonds. The molecule has 7 heteroatoms. The van der Waals surface area contributed by atoms with Gasteiger partial charge in [-0.2, -0.15) is 4.98 Å². The Balaban J connectivity index is 1.51. The number of aryl methyl sites for hydroxylation is 1. The lowest BCUT2D eigenvalue weighted by atomic mass is 10.2. The monoisotopic (exact) mass is 371 g/mol. The molecule has 0 unspecified atom stereocenters. The zero-order chi connectivity index (χ0) is 19.1. The average molecular weight is 371 g/mol. The van der Waals surface area contributed by atoms with E-state index >= 15 is 0 Å². The summed E-state index contributed by atoms with van der Waals surface area (Å²) in [5, 5.41) is 7.10. The lowest BCUT2D eigenvalue weighted by Crippen LogP contribution is -2.16. The van der Waals surface area contributed by atoms with E-state index in [2.05, 4.69) is 15.5 Å². The smallest absolute Gasteiger partial charge is 0.227 e. The highest BCUT2D eigenvalue weighted by Gasteiger charge is 2.07. The molecule has 1 N–H and O–H groups in total. The van der Waals surface area contributed by atoms with Gasteiger partial charge in [0.15, 0.2) is 17.3 Å². The van der Waals surface area contributed by atoms with Gasteiger partial charge in [0.05, 0.1) is 7.11 Å². The third-order valence-corrected chi connectivity index (χ3v) is 3.95. The molecule has 142 valence electrons. The summed E-state index contributed by atoms with van der Waals surface area (Å²) in [7, 11) is 1.61. The standard InChI is InChI=1S/C20H22FN3O3/c1-14-23-20(27-24-14)9-10-22-12-16-5-8-18(19(11-16)25-2)26-13-15-3-6-17(21)7-4-15/h3-8,11,22H,9-10,12-13H2,1-2H3. The molecule has 6 nitrogen and oxygen atoms in total. The Morgan fingerprint density at radius 2 is 1.85 bits per heavy atom. The molecule has 0 fully saturated rings. The molecule has 0 aliphatic carbocycles. The van der Waals surface area contributed by atoms with Crippen molar-refractivity contribution >= 4 is 0 Å². The molecule has 0 saturated heterocycles. The number of benzene rings is 2. The minimum atomic E-state index is -0.262. The van der Waals surface area contributed by atoms with Crippen LogP contribution in [0.3, 0.4) is 0 Å². The van der Waals surface area contributed by atoms with Gasteiger partial charge >= 0.3 is 0 Å². The largest absolute Gasteiger partial charge is 0.493 e. The normalized spacial score (nSPS) is 10.8. The second kappa shape index (κ2) is 9.14. The highest BCUT2D eigenvalue weighted by molar-refractivity contribution is 5.43. The quantitative estimate of drug-likeness (QED) is 0.581. The van der Waals surface area contributed by atoms with Gasteiger partial charge < -0.3 is 19.3 Å². The maximum absolute atomic E-state index is 13.0. The topological polar surface area (TPSA) is 69.4 Å². The molecule has 1 heterocycles. The molecule has 0 radical (unpaired) electrons. The van der Waals surface area contributed by atoms with Crippen LogP contribution >= 0.6 is 0 Å². The van der Waals surface area contributed by atoms with E-state index in [1.807, 2.05) is 18.2 Å². The van der Waals surface area contributed by atoms with Crippen molar-refractivity contribution in [2.75, 3.05) is 13.7 Å². The predicted molar refractivity (Wildman–Crippen MR) is 98.2 cm³/mol. The van der Waals surface area contributed by atoms with E-state index < -0.39 is 0 Å². The fraction of sp³-hybridized carbons (Fsp3) is 0.300. The van der Waals surface area contributed by atoms with Gasteiger partial charge in [-0.3, -0.25) is 0 Å². The van der Waals surface area contributed by atoms with Gasteiger partial charge in [0.25, 0.3) is 0 Å². The van der Waals surface area contributed by atoms with Gasteiger partial charge in [-0.1, -0.05) is 23.4 Å². The van der Waals surface area contributed by atoms with E-state index in [0.29, 0.717) is 42.8 Å². The van der Waals surface area contributed by atoms with Crippen molar-refractivity contribution in [2.24, 2.45) is 0 Å². The highest BCUT2D eigenvalue weighted by Crippen LogP contribution is 2.28. The number of methoxy groups -OCH3 is 1. The van der Waals surface area contributed by atoms with Crippen LogP contribution in [-0.4, -0.2) is 23.8 Å². The van der Waals surface area contributed by atoms with Crippen molar-refractivity contribution in [2.45, 2.75) is 26.5 Å². The molecule has 0 aliphatic rings. The average Bonchev–Trinajstić information content (AvgIpc) is 3.10. The Kier molecular flexibility index (Phi) is 6.38. The lowest BCUT2D eigenvalue weighted by Gasteiger charge is -2.12. The predicted octanol–water partition coefficient (Wildman–Crippen LogP) is 3.44. The van der Waals surface area contributed by atoms with Gasteiger partial charge in [0.2, 0.25) is 5.89 Å². The number of rotatable bonds is 9. The van der Waals surface area contributed by atoms with E-state index in [0.717, 1.165) is 17.7 Å². The Morgan fingerprint density at radius 3 is 2.56 bits per heavy atom. The molecule has 3 aromatic rings. The first-order valence-corrected chi connectivity index (χ1v) is 8.68. The van der Waals surface area contributed by atoms with Crippen LogP contribution in [0.1, 0.15) is 22.8 Å². The molecular weight excluding hydrogens is 349 g/mol. The number of nitrogens with one attached hydrogen (secondary N) is 1. The van der Waals surface area contributed by atoms with Crippen molar-refractivity contribution in [1.29, 1.82) is 0 Å². The molecule has 1 aromatic heterocycles. The van der Waals surface area contributed by atoms with Crippen LogP contribution in [0, 0.1) is 12.7 Å². The number of nitrogens with zero attached hydrogens (tertiary/aromatic N) is 2. The third kappa shape index (κ3) is 5.52. The van der Waals surface area contributed by atoms with E-state index in [4.69, 9.17) is 14.0 Å². The Morgan fingerprint density at radius 1 is 1.07 bits per heavy atom. The highest BCUT2D eigenvalue weighted by atomic mass is 19.1. The van der Waals surface area contributed by atoms with Gasteiger partial charge in [-0.05, 0) is 42.3 Å². The number of aromatic nitrogens is 2. The van der Waals surface area contributed by atoms with E-state index in [9.17, 15) is 4.39 Å². The van der Waals surface area contributed by atoms with Gasteiger partial charge in [-0.15, -0.1) is 0 Å². The molecular formula is C20H22FN3O3. The lowest BCUT2D eigenvalue weighted by molar-refractivity contribution is 0.284. The number of halogens is 1. The summed E-state index contributed by atoms with van der Waals surface area (Å²) in [6.45, 7) is 3.55. The van der Waals surface area contributed by atoms with Crippen LogP contribution in [0.5, 0.6) is 11.5 Å². The summed E-state index contributed by atoms with van der Waals surface area (Å²) in [6, 6.07) is 12.0. The number of hydrogen-bond donors (Lipinski definition) is 1. The fourth-order valence-electron chi connectivity index (χ4n) is 2.55. The number of hydrogen-bond acceptors (Lipinski definition) is 6.